The third kappa shape index (κ3) is 2.15. The number of carbonyl (C=O) groups is 1. The molecule has 0 aromatic carbocycles. The van der Waals surface area contributed by atoms with Gasteiger partial charge in [0.15, 0.2) is 0 Å². The Morgan fingerprint density at radius 3 is 2.79 bits per heavy atom. The minimum atomic E-state index is -0.565. The number of esters is 1. The lowest BCUT2D eigenvalue weighted by Crippen LogP contribution is -2.31. The minimum Gasteiger partial charge on any atom is -0.465 e. The largest absolute Gasteiger partial charge is 0.465 e. The van der Waals surface area contributed by atoms with E-state index < -0.39 is 11.5 Å². The van der Waals surface area contributed by atoms with Crippen LogP contribution in [0.4, 0.5) is 0 Å². The highest BCUT2D eigenvalue weighted by atomic mass is 16.5. The fourth-order valence-electron chi connectivity index (χ4n) is 1.96. The molecule has 14 heavy (non-hydrogen) atoms. The van der Waals surface area contributed by atoms with Gasteiger partial charge in [-0.05, 0) is 19.8 Å². The van der Waals surface area contributed by atoms with Gasteiger partial charge in [-0.15, -0.1) is 0 Å². The van der Waals surface area contributed by atoms with Crippen molar-refractivity contribution in [3.05, 3.63) is 12.2 Å². The van der Waals surface area contributed by atoms with Crippen LogP contribution in [0.15, 0.2) is 12.2 Å². The van der Waals surface area contributed by atoms with Gasteiger partial charge in [0, 0.05) is 0 Å². The third-order valence-corrected chi connectivity index (χ3v) is 2.59. The summed E-state index contributed by atoms with van der Waals surface area (Å²) in [6.07, 6.45) is 5.13. The van der Waals surface area contributed by atoms with Gasteiger partial charge in [-0.3, -0.25) is 4.79 Å². The zero-order valence-corrected chi connectivity index (χ0v) is 8.82. The van der Waals surface area contributed by atoms with Gasteiger partial charge in [-0.25, -0.2) is 0 Å². The normalized spacial score (nSPS) is 30.6. The van der Waals surface area contributed by atoms with Gasteiger partial charge in [0.25, 0.3) is 0 Å². The number of aliphatic hydroxyl groups excluding tert-OH is 1. The van der Waals surface area contributed by atoms with E-state index in [1.807, 2.05) is 6.92 Å². The molecular weight excluding hydrogens is 180 g/mol. The van der Waals surface area contributed by atoms with Crippen molar-refractivity contribution in [3.63, 3.8) is 0 Å². The molecule has 0 radical (unpaired) electrons. The summed E-state index contributed by atoms with van der Waals surface area (Å²) in [6.45, 7) is 4.22. The molecule has 0 saturated heterocycles. The Hall–Kier alpha value is -0.830. The Morgan fingerprint density at radius 2 is 2.36 bits per heavy atom. The first-order valence-corrected chi connectivity index (χ1v) is 5.19. The molecule has 3 nitrogen and oxygen atoms in total. The third-order valence-electron chi connectivity index (χ3n) is 2.59. The summed E-state index contributed by atoms with van der Waals surface area (Å²) in [5, 5.41) is 9.41. The van der Waals surface area contributed by atoms with Crippen LogP contribution in [0.25, 0.3) is 0 Å². The second-order valence-electron chi connectivity index (χ2n) is 3.76. The highest BCUT2D eigenvalue weighted by molar-refractivity contribution is 5.80. The lowest BCUT2D eigenvalue weighted by molar-refractivity contribution is -0.153. The van der Waals surface area contributed by atoms with Gasteiger partial charge >= 0.3 is 5.97 Å². The van der Waals surface area contributed by atoms with Crippen LogP contribution in [0.3, 0.4) is 0 Å². The molecule has 1 rings (SSSR count). The molecule has 0 amide bonds. The Kier molecular flexibility index (Phi) is 3.69. The molecule has 1 aliphatic rings. The van der Waals surface area contributed by atoms with Crippen molar-refractivity contribution in [2.75, 3.05) is 6.61 Å². The number of aliphatic hydroxyl groups is 1. The molecule has 0 fully saturated rings. The number of ether oxygens (including phenoxy) is 1. The first-order chi connectivity index (χ1) is 6.64. The van der Waals surface area contributed by atoms with Gasteiger partial charge in [0.05, 0.1) is 18.1 Å². The monoisotopic (exact) mass is 198 g/mol. The Balaban J connectivity index is 2.73. The smallest absolute Gasteiger partial charge is 0.316 e. The van der Waals surface area contributed by atoms with E-state index in [4.69, 9.17) is 4.74 Å². The van der Waals surface area contributed by atoms with Crippen molar-refractivity contribution in [1.29, 1.82) is 0 Å². The maximum absolute atomic E-state index is 11.7. The topological polar surface area (TPSA) is 46.5 Å². The molecule has 80 valence electrons. The first kappa shape index (κ1) is 11.2. The van der Waals surface area contributed by atoms with Gasteiger partial charge in [0.2, 0.25) is 0 Å². The van der Waals surface area contributed by atoms with Crippen molar-refractivity contribution in [2.24, 2.45) is 5.41 Å². The molecule has 0 bridgehead atoms. The van der Waals surface area contributed by atoms with E-state index in [1.165, 1.54) is 0 Å². The van der Waals surface area contributed by atoms with Crippen molar-refractivity contribution in [1.82, 2.24) is 0 Å². The van der Waals surface area contributed by atoms with Gasteiger partial charge in [0.1, 0.15) is 0 Å². The summed E-state index contributed by atoms with van der Waals surface area (Å²) >= 11 is 0. The summed E-state index contributed by atoms with van der Waals surface area (Å²) in [6, 6.07) is 0. The summed E-state index contributed by atoms with van der Waals surface area (Å²) in [5.41, 5.74) is -0.565. The average Bonchev–Trinajstić information content (AvgIpc) is 2.50. The molecule has 0 heterocycles. The molecule has 0 aromatic rings. The van der Waals surface area contributed by atoms with Crippen molar-refractivity contribution >= 4 is 5.97 Å². The maximum atomic E-state index is 11.7. The number of carbonyl (C=O) groups excluding carboxylic acids is 1. The van der Waals surface area contributed by atoms with E-state index in [0.29, 0.717) is 13.0 Å². The highest BCUT2D eigenvalue weighted by Gasteiger charge is 2.41. The highest BCUT2D eigenvalue weighted by Crippen LogP contribution is 2.38. The SMILES string of the molecule is CCCC1(C(=O)OCC)C=CC(O)C1. The molecule has 0 spiro atoms. The molecule has 1 aliphatic carbocycles. The lowest BCUT2D eigenvalue weighted by Gasteiger charge is -2.24. The number of hydrogen-bond donors (Lipinski definition) is 1. The molecule has 2 atom stereocenters. The van der Waals surface area contributed by atoms with Crippen LogP contribution in [-0.2, 0) is 9.53 Å². The Morgan fingerprint density at radius 1 is 1.64 bits per heavy atom. The van der Waals surface area contributed by atoms with Crippen LogP contribution >= 0.6 is 0 Å². The van der Waals surface area contributed by atoms with Crippen LogP contribution in [-0.4, -0.2) is 23.8 Å². The van der Waals surface area contributed by atoms with Gasteiger partial charge in [-0.2, -0.15) is 0 Å². The lowest BCUT2D eigenvalue weighted by atomic mass is 9.82. The van der Waals surface area contributed by atoms with Crippen LogP contribution in [0.1, 0.15) is 33.1 Å². The Labute approximate surface area is 84.8 Å². The fourth-order valence-corrected chi connectivity index (χ4v) is 1.96. The Bertz CT molecular complexity index is 235. The minimum absolute atomic E-state index is 0.199. The van der Waals surface area contributed by atoms with E-state index in [2.05, 4.69) is 0 Å². The molecule has 0 saturated carbocycles. The maximum Gasteiger partial charge on any atom is 0.316 e. The van der Waals surface area contributed by atoms with Crippen molar-refractivity contribution < 1.29 is 14.6 Å². The van der Waals surface area contributed by atoms with Gasteiger partial charge in [-0.1, -0.05) is 25.5 Å². The van der Waals surface area contributed by atoms with Crippen molar-refractivity contribution in [2.45, 2.75) is 39.2 Å². The van der Waals surface area contributed by atoms with Crippen LogP contribution in [0.2, 0.25) is 0 Å². The zero-order valence-electron chi connectivity index (χ0n) is 8.82. The second-order valence-corrected chi connectivity index (χ2v) is 3.76. The molecule has 3 heteroatoms. The predicted molar refractivity (Wildman–Crippen MR) is 53.7 cm³/mol. The number of rotatable bonds is 4. The van der Waals surface area contributed by atoms with E-state index >= 15 is 0 Å². The molecular formula is C11H18O3. The van der Waals surface area contributed by atoms with Crippen molar-refractivity contribution in [3.8, 4) is 0 Å². The quantitative estimate of drug-likeness (QED) is 0.552. The van der Waals surface area contributed by atoms with E-state index in [9.17, 15) is 9.90 Å². The van der Waals surface area contributed by atoms with E-state index in [1.54, 1.807) is 19.1 Å². The average molecular weight is 198 g/mol. The molecule has 2 unspecified atom stereocenters. The summed E-state index contributed by atoms with van der Waals surface area (Å²) in [5.74, 6) is -0.199. The molecule has 0 aliphatic heterocycles. The number of hydrogen-bond acceptors (Lipinski definition) is 3. The predicted octanol–water partition coefficient (Wildman–Crippen LogP) is 1.66. The summed E-state index contributed by atoms with van der Waals surface area (Å²) in [7, 11) is 0. The second kappa shape index (κ2) is 4.60. The first-order valence-electron chi connectivity index (χ1n) is 5.19. The summed E-state index contributed by atoms with van der Waals surface area (Å²) < 4.78 is 5.03. The van der Waals surface area contributed by atoms with Crippen LogP contribution < -0.4 is 0 Å². The molecule has 1 N–H and O–H groups in total. The fraction of sp³-hybridized carbons (Fsp3) is 0.727. The van der Waals surface area contributed by atoms with E-state index in [-0.39, 0.29) is 5.97 Å². The van der Waals surface area contributed by atoms with Crippen LogP contribution in [0, 0.1) is 5.41 Å². The van der Waals surface area contributed by atoms with E-state index in [0.717, 1.165) is 12.8 Å². The zero-order chi connectivity index (χ0) is 10.6. The van der Waals surface area contributed by atoms with Crippen LogP contribution in [0.5, 0.6) is 0 Å². The van der Waals surface area contributed by atoms with Gasteiger partial charge < -0.3 is 9.84 Å². The summed E-state index contributed by atoms with van der Waals surface area (Å²) in [4.78, 5) is 11.7. The molecule has 0 aromatic heterocycles. The standard InChI is InChI=1S/C11H18O3/c1-3-6-11(10(13)14-4-2)7-5-9(12)8-11/h5,7,9,12H,3-4,6,8H2,1-2H3.